The van der Waals surface area contributed by atoms with Crippen molar-refractivity contribution >= 4 is 44.8 Å². The van der Waals surface area contributed by atoms with Crippen molar-refractivity contribution in [1.82, 2.24) is 10.2 Å². The van der Waals surface area contributed by atoms with Crippen LogP contribution in [0.1, 0.15) is 5.56 Å². The number of methoxy groups -OCH3 is 1. The standard InChI is InChI=1S/C26H27Cl2N3O4S/c1-35-22-8-10-23(11-9-22)36(33,34)31(21-5-3-2-4-6-21)18-26(32)29-14-20-16-30(17-20)15-19-7-12-24(27)25(28)13-19/h2-13,20H,14-18H2,1H3,(H,29,32). The van der Waals surface area contributed by atoms with Crippen LogP contribution in [-0.2, 0) is 21.4 Å². The summed E-state index contributed by atoms with van der Waals surface area (Å²) in [6.45, 7) is 2.56. The average Bonchev–Trinajstić information content (AvgIpc) is 2.86. The number of halogens is 2. The fourth-order valence-corrected chi connectivity index (χ4v) is 5.80. The number of carbonyl (C=O) groups excluding carboxylic acids is 1. The monoisotopic (exact) mass is 547 g/mol. The van der Waals surface area contributed by atoms with Crippen molar-refractivity contribution in [2.45, 2.75) is 11.4 Å². The van der Waals surface area contributed by atoms with E-state index < -0.39 is 10.0 Å². The molecule has 1 fully saturated rings. The zero-order chi connectivity index (χ0) is 25.7. The molecule has 3 aromatic carbocycles. The highest BCUT2D eigenvalue weighted by Crippen LogP contribution is 2.26. The van der Waals surface area contributed by atoms with Crippen LogP contribution in [0.5, 0.6) is 5.75 Å². The van der Waals surface area contributed by atoms with E-state index in [2.05, 4.69) is 10.2 Å². The van der Waals surface area contributed by atoms with E-state index in [9.17, 15) is 13.2 Å². The Hall–Kier alpha value is -2.78. The summed E-state index contributed by atoms with van der Waals surface area (Å²) < 4.78 is 33.1. The van der Waals surface area contributed by atoms with Crippen LogP contribution in [0, 0.1) is 5.92 Å². The van der Waals surface area contributed by atoms with Gasteiger partial charge in [-0.15, -0.1) is 0 Å². The molecule has 3 aromatic rings. The summed E-state index contributed by atoms with van der Waals surface area (Å²) in [4.78, 5) is 15.1. The Balaban J connectivity index is 1.35. The third-order valence-corrected chi connectivity index (χ3v) is 8.52. The van der Waals surface area contributed by atoms with Crippen LogP contribution in [0.3, 0.4) is 0 Å². The maximum atomic E-state index is 13.4. The van der Waals surface area contributed by atoms with Crippen LogP contribution in [0.25, 0.3) is 0 Å². The van der Waals surface area contributed by atoms with Crippen molar-refractivity contribution in [3.05, 3.63) is 88.4 Å². The smallest absolute Gasteiger partial charge is 0.264 e. The van der Waals surface area contributed by atoms with Crippen LogP contribution >= 0.6 is 23.2 Å². The molecule has 190 valence electrons. The number of hydrogen-bond acceptors (Lipinski definition) is 5. The van der Waals surface area contributed by atoms with Crippen molar-refractivity contribution in [3.63, 3.8) is 0 Å². The number of sulfonamides is 1. The first-order valence-corrected chi connectivity index (χ1v) is 13.6. The van der Waals surface area contributed by atoms with Crippen molar-refractivity contribution in [3.8, 4) is 5.75 Å². The van der Waals surface area contributed by atoms with E-state index in [-0.39, 0.29) is 17.3 Å². The second kappa shape index (κ2) is 11.5. The van der Waals surface area contributed by atoms with E-state index in [0.717, 1.165) is 29.5 Å². The SMILES string of the molecule is COc1ccc(S(=O)(=O)N(CC(=O)NCC2CN(Cc3ccc(Cl)c(Cl)c3)C2)c2ccccc2)cc1. The summed E-state index contributed by atoms with van der Waals surface area (Å²) in [6, 6.07) is 20.3. The predicted octanol–water partition coefficient (Wildman–Crippen LogP) is 4.45. The second-order valence-electron chi connectivity index (χ2n) is 8.64. The normalized spacial score (nSPS) is 14.2. The highest BCUT2D eigenvalue weighted by Gasteiger charge is 2.29. The van der Waals surface area contributed by atoms with Crippen molar-refractivity contribution < 1.29 is 17.9 Å². The van der Waals surface area contributed by atoms with Gasteiger partial charge in [0.1, 0.15) is 12.3 Å². The van der Waals surface area contributed by atoms with Gasteiger partial charge in [-0.05, 0) is 54.1 Å². The molecule has 1 aliphatic rings. The highest BCUT2D eigenvalue weighted by atomic mass is 35.5. The quantitative estimate of drug-likeness (QED) is 0.405. The average molecular weight is 548 g/mol. The van der Waals surface area contributed by atoms with Gasteiger partial charge in [0, 0.05) is 32.1 Å². The number of para-hydroxylation sites is 1. The Labute approximate surface area is 221 Å². The van der Waals surface area contributed by atoms with Gasteiger partial charge in [-0.1, -0.05) is 47.5 Å². The largest absolute Gasteiger partial charge is 0.497 e. The molecule has 1 aliphatic heterocycles. The molecule has 4 rings (SSSR count). The first kappa shape index (κ1) is 26.3. The molecule has 0 aliphatic carbocycles. The summed E-state index contributed by atoms with van der Waals surface area (Å²) >= 11 is 12.1. The van der Waals surface area contributed by atoms with Gasteiger partial charge >= 0.3 is 0 Å². The zero-order valence-corrected chi connectivity index (χ0v) is 22.1. The molecular formula is C26H27Cl2N3O4S. The van der Waals surface area contributed by atoms with Gasteiger partial charge in [-0.3, -0.25) is 14.0 Å². The summed E-state index contributed by atoms with van der Waals surface area (Å²) in [6.07, 6.45) is 0. The maximum absolute atomic E-state index is 13.4. The number of ether oxygens (including phenoxy) is 1. The Bertz CT molecular complexity index is 1300. The number of nitrogens with one attached hydrogen (secondary N) is 1. The molecule has 36 heavy (non-hydrogen) atoms. The summed E-state index contributed by atoms with van der Waals surface area (Å²) in [5, 5.41) is 3.96. The molecule has 7 nitrogen and oxygen atoms in total. The molecular weight excluding hydrogens is 521 g/mol. The third-order valence-electron chi connectivity index (χ3n) is 5.99. The topological polar surface area (TPSA) is 79.0 Å². The number of amides is 1. The number of likely N-dealkylation sites (tertiary alicyclic amines) is 1. The minimum Gasteiger partial charge on any atom is -0.497 e. The molecule has 0 saturated carbocycles. The lowest BCUT2D eigenvalue weighted by molar-refractivity contribution is -0.120. The Morgan fingerprint density at radius 3 is 2.36 bits per heavy atom. The molecule has 0 atom stereocenters. The van der Waals surface area contributed by atoms with E-state index in [1.165, 1.54) is 19.2 Å². The minimum absolute atomic E-state index is 0.0805. The van der Waals surface area contributed by atoms with Gasteiger partial charge in [-0.25, -0.2) is 8.42 Å². The molecule has 1 N–H and O–H groups in total. The van der Waals surface area contributed by atoms with Gasteiger partial charge in [0.15, 0.2) is 0 Å². The predicted molar refractivity (Wildman–Crippen MR) is 142 cm³/mol. The molecule has 10 heteroatoms. The van der Waals surface area contributed by atoms with E-state index in [1.54, 1.807) is 48.5 Å². The molecule has 1 amide bonds. The maximum Gasteiger partial charge on any atom is 0.264 e. The lowest BCUT2D eigenvalue weighted by Crippen LogP contribution is -2.51. The Morgan fingerprint density at radius 2 is 1.72 bits per heavy atom. The van der Waals surface area contributed by atoms with Gasteiger partial charge < -0.3 is 10.1 Å². The molecule has 0 spiro atoms. The number of anilines is 1. The van der Waals surface area contributed by atoms with E-state index in [0.29, 0.717) is 33.9 Å². The lowest BCUT2D eigenvalue weighted by Gasteiger charge is -2.39. The van der Waals surface area contributed by atoms with Crippen molar-refractivity contribution in [1.29, 1.82) is 0 Å². The van der Waals surface area contributed by atoms with Gasteiger partial charge in [0.25, 0.3) is 10.0 Å². The summed E-state index contributed by atoms with van der Waals surface area (Å²) in [7, 11) is -2.45. The van der Waals surface area contributed by atoms with Gasteiger partial charge in [0.05, 0.1) is 27.7 Å². The van der Waals surface area contributed by atoms with Gasteiger partial charge in [0.2, 0.25) is 5.91 Å². The van der Waals surface area contributed by atoms with Gasteiger partial charge in [-0.2, -0.15) is 0 Å². The zero-order valence-electron chi connectivity index (χ0n) is 19.7. The van der Waals surface area contributed by atoms with Crippen LogP contribution < -0.4 is 14.4 Å². The van der Waals surface area contributed by atoms with Crippen LogP contribution in [0.2, 0.25) is 10.0 Å². The van der Waals surface area contributed by atoms with E-state index >= 15 is 0 Å². The molecule has 0 aromatic heterocycles. The number of rotatable bonds is 10. The molecule has 0 radical (unpaired) electrons. The first-order chi connectivity index (χ1) is 17.3. The lowest BCUT2D eigenvalue weighted by atomic mass is 9.99. The van der Waals surface area contributed by atoms with E-state index in [1.807, 2.05) is 12.1 Å². The number of benzene rings is 3. The van der Waals surface area contributed by atoms with Crippen LogP contribution in [-0.4, -0.2) is 52.5 Å². The van der Waals surface area contributed by atoms with Crippen molar-refractivity contribution in [2.75, 3.05) is 37.6 Å². The number of nitrogens with zero attached hydrogens (tertiary/aromatic N) is 2. The minimum atomic E-state index is -3.97. The first-order valence-electron chi connectivity index (χ1n) is 11.4. The molecule has 0 bridgehead atoms. The Morgan fingerprint density at radius 1 is 1.03 bits per heavy atom. The fraction of sp³-hybridized carbons (Fsp3) is 0.269. The second-order valence-corrected chi connectivity index (χ2v) is 11.3. The molecule has 0 unspecified atom stereocenters. The molecule has 1 heterocycles. The third kappa shape index (κ3) is 6.31. The highest BCUT2D eigenvalue weighted by molar-refractivity contribution is 7.92. The van der Waals surface area contributed by atoms with E-state index in [4.69, 9.17) is 27.9 Å². The number of carbonyl (C=O) groups is 1. The van der Waals surface area contributed by atoms with Crippen LogP contribution in [0.15, 0.2) is 77.7 Å². The number of hydrogen-bond donors (Lipinski definition) is 1. The Kier molecular flexibility index (Phi) is 8.41. The summed E-state index contributed by atoms with van der Waals surface area (Å²) in [5.41, 5.74) is 1.49. The summed E-state index contributed by atoms with van der Waals surface area (Å²) in [5.74, 6) is 0.477. The van der Waals surface area contributed by atoms with Crippen molar-refractivity contribution in [2.24, 2.45) is 5.92 Å². The van der Waals surface area contributed by atoms with Crippen LogP contribution in [0.4, 0.5) is 5.69 Å². The molecule has 1 saturated heterocycles. The fourth-order valence-electron chi connectivity index (χ4n) is 4.06.